The highest BCUT2D eigenvalue weighted by Gasteiger charge is 2.33. The molecule has 1 aliphatic carbocycles. The molecule has 218 valence electrons. The number of carbonyl (C=O) groups is 3. The van der Waals surface area contributed by atoms with Crippen LogP contribution >= 0.6 is 0 Å². The molecule has 0 bridgehead atoms. The Morgan fingerprint density at radius 3 is 2.30 bits per heavy atom. The van der Waals surface area contributed by atoms with Crippen LogP contribution in [0.5, 0.6) is 0 Å². The number of ether oxygens (including phenoxy) is 3. The number of alkyl carbamates (subject to hydrolysis) is 1. The highest BCUT2D eigenvalue weighted by Crippen LogP contribution is 2.47. The van der Waals surface area contributed by atoms with Gasteiger partial charge >= 0.3 is 6.09 Å². The van der Waals surface area contributed by atoms with Crippen molar-refractivity contribution in [2.45, 2.75) is 51.9 Å². The van der Waals surface area contributed by atoms with Gasteiger partial charge in [0.2, 0.25) is 5.91 Å². The molecule has 0 aromatic heterocycles. The third-order valence-corrected chi connectivity index (χ3v) is 6.73. The molecule has 0 saturated heterocycles. The monoisotopic (exact) mass is 553 g/mol. The van der Waals surface area contributed by atoms with Crippen molar-refractivity contribution in [2.24, 2.45) is 0 Å². The van der Waals surface area contributed by atoms with Gasteiger partial charge in [-0.3, -0.25) is 9.59 Å². The zero-order valence-electron chi connectivity index (χ0n) is 24.0. The normalized spacial score (nSPS) is 13.3. The molecule has 0 fully saturated rings. The first-order chi connectivity index (χ1) is 19.5. The average molecular weight is 554 g/mol. The van der Waals surface area contributed by atoms with Gasteiger partial charge in [-0.1, -0.05) is 44.2 Å². The smallest absolute Gasteiger partial charge is 0.406 e. The summed E-state index contributed by atoms with van der Waals surface area (Å²) in [6, 6.07) is 11.9. The van der Waals surface area contributed by atoms with Gasteiger partial charge in [0.25, 0.3) is 5.91 Å². The molecule has 1 atom stereocenters. The van der Waals surface area contributed by atoms with Crippen molar-refractivity contribution in [1.82, 2.24) is 16.0 Å². The van der Waals surface area contributed by atoms with E-state index in [0.717, 1.165) is 47.1 Å². The van der Waals surface area contributed by atoms with Gasteiger partial charge < -0.3 is 30.2 Å². The fourth-order valence-electron chi connectivity index (χ4n) is 4.84. The van der Waals surface area contributed by atoms with Gasteiger partial charge in [0, 0.05) is 51.3 Å². The summed E-state index contributed by atoms with van der Waals surface area (Å²) in [5, 5.41) is 8.36. The fourth-order valence-corrected chi connectivity index (χ4v) is 4.84. The summed E-state index contributed by atoms with van der Waals surface area (Å²) in [7, 11) is 1.53. The first-order valence-electron chi connectivity index (χ1n) is 14.3. The topological polar surface area (TPSA) is 115 Å². The summed E-state index contributed by atoms with van der Waals surface area (Å²) in [5.41, 5.74) is 5.48. The molecule has 40 heavy (non-hydrogen) atoms. The second-order valence-electron chi connectivity index (χ2n) is 9.78. The molecule has 0 aliphatic heterocycles. The molecule has 3 N–H and O–H groups in total. The first kappa shape index (κ1) is 31.1. The molecular formula is C31H43N3O6. The van der Waals surface area contributed by atoms with E-state index in [4.69, 9.17) is 14.2 Å². The molecule has 0 radical (unpaired) electrons. The van der Waals surface area contributed by atoms with Gasteiger partial charge in [0.15, 0.2) is 0 Å². The summed E-state index contributed by atoms with van der Waals surface area (Å²) in [5.74, 6) is -0.346. The van der Waals surface area contributed by atoms with Crippen molar-refractivity contribution in [1.29, 1.82) is 0 Å². The van der Waals surface area contributed by atoms with Crippen LogP contribution in [0.4, 0.5) is 4.79 Å². The number of hydrogen-bond donors (Lipinski definition) is 3. The van der Waals surface area contributed by atoms with Crippen LogP contribution in [0.25, 0.3) is 11.1 Å². The lowest BCUT2D eigenvalue weighted by molar-refractivity contribution is -0.121. The maximum absolute atomic E-state index is 13.2. The van der Waals surface area contributed by atoms with Crippen molar-refractivity contribution in [3.8, 4) is 11.1 Å². The second kappa shape index (κ2) is 16.6. The van der Waals surface area contributed by atoms with Gasteiger partial charge in [-0.15, -0.1) is 0 Å². The molecule has 0 heterocycles. The Balaban J connectivity index is 1.72. The second-order valence-corrected chi connectivity index (χ2v) is 9.78. The van der Waals surface area contributed by atoms with Crippen LogP contribution in [0.3, 0.4) is 0 Å². The van der Waals surface area contributed by atoms with Crippen molar-refractivity contribution in [3.63, 3.8) is 0 Å². The number of carbonyl (C=O) groups excluding carboxylic acids is 3. The Hall–Kier alpha value is -3.43. The third-order valence-electron chi connectivity index (χ3n) is 6.73. The van der Waals surface area contributed by atoms with Gasteiger partial charge in [-0.2, -0.15) is 0 Å². The van der Waals surface area contributed by atoms with Crippen molar-refractivity contribution in [2.75, 3.05) is 53.2 Å². The highest BCUT2D eigenvalue weighted by molar-refractivity contribution is 6.03. The van der Waals surface area contributed by atoms with Crippen LogP contribution in [-0.4, -0.2) is 71.1 Å². The standard InChI is InChI=1S/C31H43N3O6/c1-4-16-38-18-14-33-28(35)11-6-8-22-12-13-24-26(20-22)27(21-40-31(37)32-3)23-9-7-10-25(29(23)24)30(36)34-15-19-39-17-5-2/h7,9-10,12-13,20,27H,4-6,8,11,14-19,21H2,1-3H3,(H,32,37)(H,33,35)(H,34,36). The van der Waals surface area contributed by atoms with E-state index in [1.807, 2.05) is 37.3 Å². The number of rotatable bonds is 17. The number of nitrogens with one attached hydrogen (secondary N) is 3. The predicted octanol–water partition coefficient (Wildman–Crippen LogP) is 4.18. The maximum Gasteiger partial charge on any atom is 0.406 e. The quantitative estimate of drug-likeness (QED) is 0.253. The minimum absolute atomic E-state index is 0.0151. The van der Waals surface area contributed by atoms with Crippen molar-refractivity contribution < 1.29 is 28.6 Å². The van der Waals surface area contributed by atoms with Crippen LogP contribution < -0.4 is 16.0 Å². The third kappa shape index (κ3) is 8.79. The molecule has 0 spiro atoms. The van der Waals surface area contributed by atoms with Crippen LogP contribution in [0.1, 0.15) is 72.5 Å². The predicted molar refractivity (Wildman–Crippen MR) is 155 cm³/mol. The molecule has 2 aromatic rings. The minimum atomic E-state index is -0.502. The molecule has 9 heteroatoms. The minimum Gasteiger partial charge on any atom is -0.449 e. The number of benzene rings is 2. The molecule has 9 nitrogen and oxygen atoms in total. The number of fused-ring (bicyclic) bond motifs is 3. The Labute approximate surface area is 237 Å². The molecule has 1 unspecified atom stereocenters. The Kier molecular flexibility index (Phi) is 12.9. The first-order valence-corrected chi connectivity index (χ1v) is 14.3. The Morgan fingerprint density at radius 1 is 0.875 bits per heavy atom. The van der Waals surface area contributed by atoms with Gasteiger partial charge in [0.1, 0.15) is 6.61 Å². The highest BCUT2D eigenvalue weighted by atomic mass is 16.5. The van der Waals surface area contributed by atoms with E-state index in [2.05, 4.69) is 28.9 Å². The number of hydrogen-bond acceptors (Lipinski definition) is 6. The fraction of sp³-hybridized carbons (Fsp3) is 0.516. The zero-order chi connectivity index (χ0) is 28.7. The zero-order valence-corrected chi connectivity index (χ0v) is 24.0. The van der Waals surface area contributed by atoms with E-state index in [1.165, 1.54) is 7.05 Å². The van der Waals surface area contributed by atoms with Crippen LogP contribution in [0.2, 0.25) is 0 Å². The molecule has 3 rings (SSSR count). The summed E-state index contributed by atoms with van der Waals surface area (Å²) in [6.07, 6.45) is 3.26. The molecule has 0 saturated carbocycles. The summed E-state index contributed by atoms with van der Waals surface area (Å²) in [6.45, 7) is 7.55. The lowest BCUT2D eigenvalue weighted by atomic mass is 9.95. The van der Waals surface area contributed by atoms with E-state index < -0.39 is 6.09 Å². The van der Waals surface area contributed by atoms with Crippen molar-refractivity contribution >= 4 is 17.9 Å². The lowest BCUT2D eigenvalue weighted by Crippen LogP contribution is -2.28. The Morgan fingerprint density at radius 2 is 1.60 bits per heavy atom. The van der Waals surface area contributed by atoms with Crippen LogP contribution in [0.15, 0.2) is 36.4 Å². The van der Waals surface area contributed by atoms with Gasteiger partial charge in [-0.05, 0) is 59.6 Å². The maximum atomic E-state index is 13.2. The van der Waals surface area contributed by atoms with Gasteiger partial charge in [0.05, 0.1) is 13.2 Å². The van der Waals surface area contributed by atoms with Gasteiger partial charge in [-0.25, -0.2) is 4.79 Å². The summed E-state index contributed by atoms with van der Waals surface area (Å²) >= 11 is 0. The molecule has 1 aliphatic rings. The number of amides is 3. The molecule has 3 amide bonds. The van der Waals surface area contributed by atoms with E-state index >= 15 is 0 Å². The Bertz CT molecular complexity index is 1140. The van der Waals surface area contributed by atoms with E-state index in [9.17, 15) is 14.4 Å². The van der Waals surface area contributed by atoms with E-state index in [0.29, 0.717) is 57.9 Å². The summed E-state index contributed by atoms with van der Waals surface area (Å²) < 4.78 is 16.4. The summed E-state index contributed by atoms with van der Waals surface area (Å²) in [4.78, 5) is 37.3. The SMILES string of the molecule is CCCOCCNC(=O)CCCc1ccc2c(c1)C(COC(=O)NC)c1cccc(C(=O)NCCOCCC)c1-2. The van der Waals surface area contributed by atoms with E-state index in [-0.39, 0.29) is 24.3 Å². The van der Waals surface area contributed by atoms with E-state index in [1.54, 1.807) is 0 Å². The van der Waals surface area contributed by atoms with Crippen LogP contribution in [0, 0.1) is 0 Å². The molecule has 2 aromatic carbocycles. The lowest BCUT2D eigenvalue weighted by Gasteiger charge is -2.15. The van der Waals surface area contributed by atoms with Crippen LogP contribution in [-0.2, 0) is 25.4 Å². The number of aryl methyl sites for hydroxylation is 1. The molecular weight excluding hydrogens is 510 g/mol. The largest absolute Gasteiger partial charge is 0.449 e. The van der Waals surface area contributed by atoms with Crippen molar-refractivity contribution in [3.05, 3.63) is 58.7 Å². The average Bonchev–Trinajstić information content (AvgIpc) is 3.28.